The van der Waals surface area contributed by atoms with E-state index in [-0.39, 0.29) is 27.2 Å². The fourth-order valence-corrected chi connectivity index (χ4v) is 2.52. The number of nitrogens with zero attached hydrogens (tertiary/aromatic N) is 1. The molecule has 104 valence electrons. The third-order valence-electron chi connectivity index (χ3n) is 2.33. The van der Waals surface area contributed by atoms with Crippen molar-refractivity contribution < 1.29 is 9.66 Å². The van der Waals surface area contributed by atoms with Gasteiger partial charge in [0.1, 0.15) is 10.8 Å². The molecule has 2 aromatic rings. The minimum absolute atomic E-state index is 0.0113. The SMILES string of the molecule is O=[N+]([O-])c1c(Cl)cccc1Oc1cc(Cl)c(Br)cc1Cl. The van der Waals surface area contributed by atoms with Gasteiger partial charge in [0, 0.05) is 10.5 Å². The Labute approximate surface area is 137 Å². The molecule has 2 rings (SSSR count). The van der Waals surface area contributed by atoms with E-state index in [0.29, 0.717) is 9.50 Å². The van der Waals surface area contributed by atoms with Crippen molar-refractivity contribution in [2.24, 2.45) is 0 Å². The molecule has 0 aromatic heterocycles. The van der Waals surface area contributed by atoms with Gasteiger partial charge < -0.3 is 4.74 Å². The van der Waals surface area contributed by atoms with Crippen LogP contribution in [-0.2, 0) is 0 Å². The van der Waals surface area contributed by atoms with Crippen molar-refractivity contribution in [2.75, 3.05) is 0 Å². The van der Waals surface area contributed by atoms with Crippen LogP contribution in [-0.4, -0.2) is 4.92 Å². The molecule has 0 bridgehead atoms. The Kier molecular flexibility index (Phi) is 4.75. The van der Waals surface area contributed by atoms with E-state index in [1.54, 1.807) is 6.07 Å². The number of nitro benzene ring substituents is 1. The lowest BCUT2D eigenvalue weighted by Crippen LogP contribution is -1.94. The topological polar surface area (TPSA) is 52.4 Å². The predicted molar refractivity (Wildman–Crippen MR) is 82.3 cm³/mol. The summed E-state index contributed by atoms with van der Waals surface area (Å²) in [5.74, 6) is 0.188. The summed E-state index contributed by atoms with van der Waals surface area (Å²) < 4.78 is 6.05. The summed E-state index contributed by atoms with van der Waals surface area (Å²) in [5.41, 5.74) is -0.329. The molecule has 0 fully saturated rings. The second kappa shape index (κ2) is 6.18. The number of hydrogen-bond donors (Lipinski definition) is 0. The number of ether oxygens (including phenoxy) is 1. The third-order valence-corrected chi connectivity index (χ3v) is 4.12. The van der Waals surface area contributed by atoms with Crippen LogP contribution in [0.2, 0.25) is 15.1 Å². The van der Waals surface area contributed by atoms with Gasteiger partial charge in [-0.1, -0.05) is 40.9 Å². The number of hydrogen-bond acceptors (Lipinski definition) is 3. The standard InChI is InChI=1S/C12H5BrCl3NO3/c13-6-4-9(16)11(5-8(6)15)20-10-3-1-2-7(14)12(10)17(18)19/h1-5H. The second-order valence-corrected chi connectivity index (χ2v) is 5.72. The molecular formula is C12H5BrCl3NO3. The molecule has 2 aromatic carbocycles. The highest BCUT2D eigenvalue weighted by Gasteiger charge is 2.21. The number of halogens is 4. The molecule has 0 unspecified atom stereocenters. The maximum atomic E-state index is 11.0. The van der Waals surface area contributed by atoms with Crippen LogP contribution < -0.4 is 4.74 Å². The first kappa shape index (κ1) is 15.4. The lowest BCUT2D eigenvalue weighted by atomic mass is 10.3. The maximum Gasteiger partial charge on any atom is 0.329 e. The van der Waals surface area contributed by atoms with Crippen LogP contribution in [0.4, 0.5) is 5.69 Å². The van der Waals surface area contributed by atoms with Crippen LogP contribution in [0.25, 0.3) is 0 Å². The van der Waals surface area contributed by atoms with Gasteiger partial charge >= 0.3 is 5.69 Å². The molecule has 0 heterocycles. The molecule has 0 radical (unpaired) electrons. The van der Waals surface area contributed by atoms with E-state index in [2.05, 4.69) is 15.9 Å². The minimum atomic E-state index is -0.619. The molecule has 0 saturated heterocycles. The van der Waals surface area contributed by atoms with E-state index in [0.717, 1.165) is 0 Å². The molecule has 8 heteroatoms. The smallest absolute Gasteiger partial charge is 0.329 e. The molecule has 20 heavy (non-hydrogen) atoms. The Balaban J connectivity index is 2.48. The first-order chi connectivity index (χ1) is 9.40. The maximum absolute atomic E-state index is 11.0. The Morgan fingerprint density at radius 1 is 1.05 bits per heavy atom. The van der Waals surface area contributed by atoms with Crippen molar-refractivity contribution in [2.45, 2.75) is 0 Å². The van der Waals surface area contributed by atoms with Gasteiger partial charge in [-0.25, -0.2) is 0 Å². The molecule has 0 aliphatic carbocycles. The first-order valence-electron chi connectivity index (χ1n) is 5.15. The van der Waals surface area contributed by atoms with Gasteiger partial charge in [0.15, 0.2) is 0 Å². The lowest BCUT2D eigenvalue weighted by molar-refractivity contribution is -0.385. The molecule has 0 saturated carbocycles. The van der Waals surface area contributed by atoms with E-state index >= 15 is 0 Å². The largest absolute Gasteiger partial charge is 0.448 e. The average Bonchev–Trinajstić information content (AvgIpc) is 2.35. The van der Waals surface area contributed by atoms with E-state index < -0.39 is 4.92 Å². The number of benzene rings is 2. The number of nitro groups is 1. The Hall–Kier alpha value is -1.01. The summed E-state index contributed by atoms with van der Waals surface area (Å²) in [5, 5.41) is 11.6. The zero-order valence-electron chi connectivity index (χ0n) is 9.57. The molecule has 0 atom stereocenters. The van der Waals surface area contributed by atoms with E-state index in [4.69, 9.17) is 39.5 Å². The van der Waals surface area contributed by atoms with Crippen LogP contribution >= 0.6 is 50.7 Å². The van der Waals surface area contributed by atoms with E-state index in [1.165, 1.54) is 24.3 Å². The highest BCUT2D eigenvalue weighted by atomic mass is 79.9. The molecule has 0 aliphatic rings. The summed E-state index contributed by atoms with van der Waals surface area (Å²) in [6.45, 7) is 0. The second-order valence-electron chi connectivity index (χ2n) is 3.64. The molecule has 0 aliphatic heterocycles. The van der Waals surface area contributed by atoms with E-state index in [9.17, 15) is 10.1 Å². The Bertz CT molecular complexity index is 694. The summed E-state index contributed by atoms with van der Waals surface area (Å²) in [4.78, 5) is 10.4. The summed E-state index contributed by atoms with van der Waals surface area (Å²) in [7, 11) is 0. The van der Waals surface area contributed by atoms with Gasteiger partial charge in [-0.15, -0.1) is 0 Å². The zero-order valence-corrected chi connectivity index (χ0v) is 13.4. The highest BCUT2D eigenvalue weighted by Crippen LogP contribution is 2.41. The molecule has 4 nitrogen and oxygen atoms in total. The Morgan fingerprint density at radius 3 is 2.40 bits per heavy atom. The van der Waals surface area contributed by atoms with Gasteiger partial charge in [0.05, 0.1) is 15.0 Å². The first-order valence-corrected chi connectivity index (χ1v) is 7.08. The lowest BCUT2D eigenvalue weighted by Gasteiger charge is -2.09. The van der Waals surface area contributed by atoms with Crippen molar-refractivity contribution >= 4 is 56.4 Å². The number of rotatable bonds is 3. The van der Waals surface area contributed by atoms with Gasteiger partial charge in [0.2, 0.25) is 5.75 Å². The number of para-hydroxylation sites is 1. The minimum Gasteiger partial charge on any atom is -0.448 e. The van der Waals surface area contributed by atoms with Crippen molar-refractivity contribution in [1.82, 2.24) is 0 Å². The van der Waals surface area contributed by atoms with Gasteiger partial charge in [-0.2, -0.15) is 0 Å². The molecule has 0 N–H and O–H groups in total. The monoisotopic (exact) mass is 395 g/mol. The molecular weight excluding hydrogens is 392 g/mol. The average molecular weight is 397 g/mol. The quantitative estimate of drug-likeness (QED) is 0.357. The van der Waals surface area contributed by atoms with E-state index in [1.807, 2.05) is 0 Å². The molecule has 0 amide bonds. The van der Waals surface area contributed by atoms with Crippen molar-refractivity contribution in [3.63, 3.8) is 0 Å². The summed E-state index contributed by atoms with van der Waals surface area (Å²) in [6, 6.07) is 7.37. The Morgan fingerprint density at radius 2 is 1.75 bits per heavy atom. The van der Waals surface area contributed by atoms with Crippen LogP contribution in [0.3, 0.4) is 0 Å². The van der Waals surface area contributed by atoms with Gasteiger partial charge in [-0.3, -0.25) is 10.1 Å². The van der Waals surface area contributed by atoms with Crippen LogP contribution in [0.15, 0.2) is 34.8 Å². The van der Waals surface area contributed by atoms with Crippen molar-refractivity contribution in [3.05, 3.63) is 60.0 Å². The highest BCUT2D eigenvalue weighted by molar-refractivity contribution is 9.10. The van der Waals surface area contributed by atoms with Crippen molar-refractivity contribution in [3.8, 4) is 11.5 Å². The van der Waals surface area contributed by atoms with Crippen LogP contribution in [0.5, 0.6) is 11.5 Å². The fraction of sp³-hybridized carbons (Fsp3) is 0. The van der Waals surface area contributed by atoms with Gasteiger partial charge in [-0.05, 0) is 34.1 Å². The zero-order chi connectivity index (χ0) is 14.9. The van der Waals surface area contributed by atoms with Crippen LogP contribution in [0, 0.1) is 10.1 Å². The van der Waals surface area contributed by atoms with Crippen molar-refractivity contribution in [1.29, 1.82) is 0 Å². The predicted octanol–water partition coefficient (Wildman–Crippen LogP) is 6.11. The van der Waals surface area contributed by atoms with Crippen LogP contribution in [0.1, 0.15) is 0 Å². The molecule has 0 spiro atoms. The summed E-state index contributed by atoms with van der Waals surface area (Å²) in [6.07, 6.45) is 0. The third kappa shape index (κ3) is 3.17. The fourth-order valence-electron chi connectivity index (χ4n) is 1.46. The normalized spacial score (nSPS) is 10.4. The summed E-state index contributed by atoms with van der Waals surface area (Å²) >= 11 is 21.0. The van der Waals surface area contributed by atoms with Gasteiger partial charge in [0.25, 0.3) is 0 Å².